The molecule has 10 heteroatoms. The molecule has 1 aliphatic carbocycles. The van der Waals surface area contributed by atoms with Gasteiger partial charge in [0.25, 0.3) is 11.4 Å². The normalized spacial score (nSPS) is 14.4. The van der Waals surface area contributed by atoms with E-state index in [1.165, 1.54) is 25.2 Å². The molecular formula is C34H34N6O4. The summed E-state index contributed by atoms with van der Waals surface area (Å²) in [6, 6.07) is 22.9. The Labute approximate surface area is 255 Å². The molecule has 1 saturated carbocycles. The fourth-order valence-electron chi connectivity index (χ4n) is 5.05. The highest BCUT2D eigenvalue weighted by atomic mass is 16.5. The number of aromatic nitrogens is 5. The van der Waals surface area contributed by atoms with Gasteiger partial charge in [0.15, 0.2) is 6.33 Å². The van der Waals surface area contributed by atoms with E-state index in [1.807, 2.05) is 65.6 Å². The lowest BCUT2D eigenvalue weighted by atomic mass is 10.1. The molecule has 0 N–H and O–H groups in total. The van der Waals surface area contributed by atoms with Crippen LogP contribution in [0.15, 0.2) is 94.6 Å². The summed E-state index contributed by atoms with van der Waals surface area (Å²) >= 11 is 0. The number of amides is 1. The van der Waals surface area contributed by atoms with Crippen LogP contribution in [0.5, 0.6) is 11.5 Å². The van der Waals surface area contributed by atoms with Crippen molar-refractivity contribution in [2.24, 2.45) is 0 Å². The summed E-state index contributed by atoms with van der Waals surface area (Å²) in [4.78, 5) is 29.4. The maximum Gasteiger partial charge on any atom is 0.257 e. The number of carbonyl (C=O) groups excluding carboxylic acids is 1. The van der Waals surface area contributed by atoms with Crippen molar-refractivity contribution in [2.75, 3.05) is 6.54 Å². The first-order valence-corrected chi connectivity index (χ1v) is 14.9. The lowest BCUT2D eigenvalue weighted by Crippen LogP contribution is -2.26. The zero-order valence-electron chi connectivity index (χ0n) is 24.8. The Kier molecular flexibility index (Phi) is 8.58. The van der Waals surface area contributed by atoms with E-state index in [2.05, 4.69) is 34.2 Å². The van der Waals surface area contributed by atoms with Gasteiger partial charge in [-0.05, 0) is 79.8 Å². The van der Waals surface area contributed by atoms with Gasteiger partial charge in [-0.25, -0.2) is 0 Å². The van der Waals surface area contributed by atoms with Gasteiger partial charge in [0.2, 0.25) is 5.91 Å². The van der Waals surface area contributed by atoms with Gasteiger partial charge >= 0.3 is 0 Å². The molecule has 2 fully saturated rings. The number of hydrogen-bond acceptors (Lipinski definition) is 8. The van der Waals surface area contributed by atoms with Crippen molar-refractivity contribution >= 4 is 5.91 Å². The standard InChI is InChI=1S/C27H23N5O3.C7H11NO/c1-18(2)23-12-13-24(31-30-23)19-8-10-22(11-9-19)34-25-15-20(27-28-17-29-35-27)6-7-21(25)16-32-14-4-3-5-26(32)33;9-7-2-1-5-8(7)6-3-4-6/h3-15,17-18H,16H2,1-2H3;6H,1-5H2. The Hall–Kier alpha value is -5.12. The summed E-state index contributed by atoms with van der Waals surface area (Å²) in [7, 11) is 0. The first-order chi connectivity index (χ1) is 21.4. The minimum Gasteiger partial charge on any atom is -0.457 e. The molecule has 224 valence electrons. The number of benzene rings is 2. The van der Waals surface area contributed by atoms with Crippen LogP contribution in [0.4, 0.5) is 0 Å². The van der Waals surface area contributed by atoms with Crippen LogP contribution in [0.1, 0.15) is 56.7 Å². The zero-order chi connectivity index (χ0) is 30.5. The van der Waals surface area contributed by atoms with Gasteiger partial charge in [-0.2, -0.15) is 15.2 Å². The number of carbonyl (C=O) groups is 1. The molecule has 0 atom stereocenters. The third-order valence-corrected chi connectivity index (χ3v) is 7.67. The molecule has 0 unspecified atom stereocenters. The van der Waals surface area contributed by atoms with E-state index in [4.69, 9.17) is 9.26 Å². The maximum absolute atomic E-state index is 12.3. The average Bonchev–Trinajstić information content (AvgIpc) is 3.54. The smallest absolute Gasteiger partial charge is 0.257 e. The number of nitrogens with zero attached hydrogens (tertiary/aromatic N) is 6. The van der Waals surface area contributed by atoms with E-state index in [1.54, 1.807) is 16.8 Å². The van der Waals surface area contributed by atoms with Gasteiger partial charge in [0.05, 0.1) is 17.9 Å². The van der Waals surface area contributed by atoms with Crippen LogP contribution in [0.2, 0.25) is 0 Å². The molecule has 1 amide bonds. The SMILES string of the molecule is CC(C)c1ccc(-c2ccc(Oc3cc(-c4ncno4)ccc3Cn3ccccc3=O)cc2)nn1.O=C1CCCN1C1CC1. The highest BCUT2D eigenvalue weighted by Gasteiger charge is 2.34. The Morgan fingerprint density at radius 1 is 0.955 bits per heavy atom. The van der Waals surface area contributed by atoms with Crippen LogP contribution in [-0.2, 0) is 11.3 Å². The van der Waals surface area contributed by atoms with E-state index >= 15 is 0 Å². The summed E-state index contributed by atoms with van der Waals surface area (Å²) in [6.07, 6.45) is 7.50. The Morgan fingerprint density at radius 2 is 1.77 bits per heavy atom. The van der Waals surface area contributed by atoms with Crippen LogP contribution >= 0.6 is 0 Å². The van der Waals surface area contributed by atoms with E-state index in [0.717, 1.165) is 47.5 Å². The number of pyridine rings is 1. The third-order valence-electron chi connectivity index (χ3n) is 7.67. The molecule has 5 aromatic rings. The second-order valence-corrected chi connectivity index (χ2v) is 11.3. The minimum absolute atomic E-state index is 0.0895. The molecule has 3 aromatic heterocycles. The van der Waals surface area contributed by atoms with Crippen molar-refractivity contribution in [3.05, 3.63) is 107 Å². The molecule has 2 aromatic carbocycles. The molecular weight excluding hydrogens is 556 g/mol. The molecule has 7 rings (SSSR count). The molecule has 1 saturated heterocycles. The van der Waals surface area contributed by atoms with Crippen LogP contribution in [0, 0.1) is 0 Å². The summed E-state index contributed by atoms with van der Waals surface area (Å²) in [6.45, 7) is 5.57. The highest BCUT2D eigenvalue weighted by molar-refractivity contribution is 5.78. The third kappa shape index (κ3) is 6.91. The van der Waals surface area contributed by atoms with Crippen molar-refractivity contribution < 1.29 is 14.1 Å². The van der Waals surface area contributed by atoms with Crippen molar-refractivity contribution in [3.8, 4) is 34.2 Å². The molecule has 0 spiro atoms. The number of ether oxygens (including phenoxy) is 1. The summed E-state index contributed by atoms with van der Waals surface area (Å²) in [5.74, 6) is 2.33. The summed E-state index contributed by atoms with van der Waals surface area (Å²) in [5, 5.41) is 12.3. The van der Waals surface area contributed by atoms with Gasteiger partial charge in [-0.15, -0.1) is 0 Å². The van der Waals surface area contributed by atoms with Gasteiger partial charge in [-0.3, -0.25) is 9.59 Å². The topological polar surface area (TPSA) is 116 Å². The number of hydrogen-bond donors (Lipinski definition) is 0. The molecule has 1 aliphatic heterocycles. The maximum atomic E-state index is 12.3. The monoisotopic (exact) mass is 590 g/mol. The summed E-state index contributed by atoms with van der Waals surface area (Å²) in [5.41, 5.74) is 4.16. The Bertz CT molecular complexity index is 1760. The first-order valence-electron chi connectivity index (χ1n) is 14.9. The number of rotatable bonds is 8. The lowest BCUT2D eigenvalue weighted by Gasteiger charge is -2.14. The predicted octanol–water partition coefficient (Wildman–Crippen LogP) is 6.09. The second-order valence-electron chi connectivity index (χ2n) is 11.3. The molecule has 0 radical (unpaired) electrons. The second kappa shape index (κ2) is 13.0. The molecule has 44 heavy (non-hydrogen) atoms. The van der Waals surface area contributed by atoms with E-state index < -0.39 is 0 Å². The molecule has 2 aliphatic rings. The van der Waals surface area contributed by atoms with Gasteiger partial charge in [0.1, 0.15) is 11.5 Å². The van der Waals surface area contributed by atoms with E-state index in [0.29, 0.717) is 41.8 Å². The van der Waals surface area contributed by atoms with E-state index in [-0.39, 0.29) is 5.56 Å². The first kappa shape index (κ1) is 29.0. The van der Waals surface area contributed by atoms with Crippen LogP contribution in [-0.4, -0.2) is 48.3 Å². The van der Waals surface area contributed by atoms with Crippen LogP contribution in [0.25, 0.3) is 22.7 Å². The lowest BCUT2D eigenvalue weighted by molar-refractivity contribution is -0.128. The Balaban J connectivity index is 0.000000323. The van der Waals surface area contributed by atoms with Crippen molar-refractivity contribution in [2.45, 2.75) is 58.0 Å². The summed E-state index contributed by atoms with van der Waals surface area (Å²) < 4.78 is 13.1. The van der Waals surface area contributed by atoms with E-state index in [9.17, 15) is 9.59 Å². The van der Waals surface area contributed by atoms with Crippen molar-refractivity contribution in [1.82, 2.24) is 29.8 Å². The number of likely N-dealkylation sites (tertiary alicyclic amines) is 1. The Morgan fingerprint density at radius 3 is 2.41 bits per heavy atom. The van der Waals surface area contributed by atoms with Gasteiger partial charge < -0.3 is 18.7 Å². The molecule has 10 nitrogen and oxygen atoms in total. The van der Waals surface area contributed by atoms with Gasteiger partial charge in [0, 0.05) is 48.0 Å². The quantitative estimate of drug-likeness (QED) is 0.213. The minimum atomic E-state index is -0.0895. The molecule has 4 heterocycles. The predicted molar refractivity (Wildman–Crippen MR) is 165 cm³/mol. The van der Waals surface area contributed by atoms with Crippen molar-refractivity contribution in [1.29, 1.82) is 0 Å². The largest absolute Gasteiger partial charge is 0.457 e. The highest BCUT2D eigenvalue weighted by Crippen LogP contribution is 2.32. The van der Waals surface area contributed by atoms with Crippen LogP contribution in [0.3, 0.4) is 0 Å². The van der Waals surface area contributed by atoms with Gasteiger partial charge in [-0.1, -0.05) is 31.1 Å². The van der Waals surface area contributed by atoms with Crippen LogP contribution < -0.4 is 10.3 Å². The fourth-order valence-corrected chi connectivity index (χ4v) is 5.05. The molecule has 0 bridgehead atoms. The fraction of sp³-hybridized carbons (Fsp3) is 0.294. The zero-order valence-corrected chi connectivity index (χ0v) is 24.8. The average molecular weight is 591 g/mol. The van der Waals surface area contributed by atoms with Crippen molar-refractivity contribution in [3.63, 3.8) is 0 Å².